The lowest BCUT2D eigenvalue weighted by molar-refractivity contribution is -0.137. The summed E-state index contributed by atoms with van der Waals surface area (Å²) in [5.41, 5.74) is 3.99. The molecular formula is C33H38O5. The summed E-state index contributed by atoms with van der Waals surface area (Å²) in [4.78, 5) is 4.52. The van der Waals surface area contributed by atoms with E-state index in [-0.39, 0.29) is 6.10 Å². The molecule has 0 heterocycles. The van der Waals surface area contributed by atoms with Gasteiger partial charge in [0.05, 0.1) is 14.2 Å². The summed E-state index contributed by atoms with van der Waals surface area (Å²) >= 11 is 0. The molecule has 200 valence electrons. The van der Waals surface area contributed by atoms with Crippen LogP contribution in [-0.4, -0.2) is 19.5 Å². The third-order valence-electron chi connectivity index (χ3n) is 9.26. The van der Waals surface area contributed by atoms with Crippen molar-refractivity contribution in [2.24, 2.45) is 17.8 Å². The molecule has 5 nitrogen and oxygen atoms in total. The monoisotopic (exact) mass is 514 g/mol. The van der Waals surface area contributed by atoms with E-state index in [2.05, 4.69) is 35.2 Å². The highest BCUT2D eigenvalue weighted by atomic mass is 17.1. The zero-order chi connectivity index (χ0) is 26.1. The Kier molecular flexibility index (Phi) is 6.96. The summed E-state index contributed by atoms with van der Waals surface area (Å²) in [6.07, 6.45) is 9.80. The zero-order valence-electron chi connectivity index (χ0n) is 22.4. The average molecular weight is 515 g/mol. The fraction of sp³-hybridized carbons (Fsp3) is 0.455. The van der Waals surface area contributed by atoms with E-state index in [1.54, 1.807) is 20.3 Å². The summed E-state index contributed by atoms with van der Waals surface area (Å²) in [5, 5.41) is 9.23. The molecule has 7 rings (SSSR count). The van der Waals surface area contributed by atoms with Crippen LogP contribution in [0.3, 0.4) is 0 Å². The van der Waals surface area contributed by atoms with Crippen molar-refractivity contribution in [2.45, 2.75) is 62.9 Å². The third kappa shape index (κ3) is 4.96. The van der Waals surface area contributed by atoms with Crippen LogP contribution in [0.1, 0.15) is 67.7 Å². The lowest BCUT2D eigenvalue weighted by Crippen LogP contribution is -2.48. The summed E-state index contributed by atoms with van der Waals surface area (Å²) in [5.74, 6) is 5.50. The second-order valence-electron chi connectivity index (χ2n) is 11.7. The van der Waals surface area contributed by atoms with Gasteiger partial charge in [0, 0.05) is 0 Å². The van der Waals surface area contributed by atoms with Gasteiger partial charge in [0.15, 0.2) is 17.2 Å². The summed E-state index contributed by atoms with van der Waals surface area (Å²) in [6, 6.07) is 22.4. The molecule has 0 saturated heterocycles. The lowest BCUT2D eigenvalue weighted by atomic mass is 9.48. The molecule has 38 heavy (non-hydrogen) atoms. The van der Waals surface area contributed by atoms with Crippen molar-refractivity contribution in [3.05, 3.63) is 83.4 Å². The Labute approximate surface area is 225 Å². The predicted molar refractivity (Wildman–Crippen MR) is 147 cm³/mol. The fourth-order valence-corrected chi connectivity index (χ4v) is 7.91. The SMILES string of the molecule is COc1ccc(CC[C@H](Oc2ccc(C34CC5CC(CC(C5)C3)C4)cc2)c2cccc(OO)c2)cc1OC. The molecule has 0 spiro atoms. The maximum atomic E-state index is 9.23. The number of benzene rings is 3. The van der Waals surface area contributed by atoms with E-state index in [0.29, 0.717) is 11.2 Å². The standard InChI is InChI=1S/C33H38O5/c1-35-31-13-7-22(17-32(31)36-2)6-12-30(26-4-3-5-29(18-26)38-34)37-28-10-8-27(9-11-28)33-19-23-14-24(20-33)16-25(15-23)21-33/h3-5,7-11,13,17-18,23-25,30,34H,6,12,14-16,19-21H2,1-2H3/t23?,24?,25?,30-,33?/m0/s1. The van der Waals surface area contributed by atoms with Gasteiger partial charge >= 0.3 is 0 Å². The van der Waals surface area contributed by atoms with E-state index >= 15 is 0 Å². The van der Waals surface area contributed by atoms with E-state index in [9.17, 15) is 5.26 Å². The number of methoxy groups -OCH3 is 2. The van der Waals surface area contributed by atoms with Crippen LogP contribution in [0.4, 0.5) is 0 Å². The molecule has 1 atom stereocenters. The molecule has 0 amide bonds. The van der Waals surface area contributed by atoms with Crippen molar-refractivity contribution in [1.29, 1.82) is 0 Å². The molecule has 4 aliphatic carbocycles. The summed E-state index contributed by atoms with van der Waals surface area (Å²) in [6.45, 7) is 0. The smallest absolute Gasteiger partial charge is 0.165 e. The van der Waals surface area contributed by atoms with Gasteiger partial charge in [-0.1, -0.05) is 30.3 Å². The minimum absolute atomic E-state index is 0.205. The van der Waals surface area contributed by atoms with Gasteiger partial charge < -0.3 is 19.1 Å². The molecule has 4 aliphatic rings. The minimum atomic E-state index is -0.205. The minimum Gasteiger partial charge on any atom is -0.493 e. The number of hydrogen-bond donors (Lipinski definition) is 1. The number of ether oxygens (including phenoxy) is 3. The lowest BCUT2D eigenvalue weighted by Gasteiger charge is -2.57. The second-order valence-corrected chi connectivity index (χ2v) is 11.7. The van der Waals surface area contributed by atoms with Gasteiger partial charge in [0.25, 0.3) is 0 Å². The molecule has 0 radical (unpaired) electrons. The summed E-state index contributed by atoms with van der Waals surface area (Å²) in [7, 11) is 3.30. The van der Waals surface area contributed by atoms with Crippen molar-refractivity contribution in [2.75, 3.05) is 14.2 Å². The quantitative estimate of drug-likeness (QED) is 0.221. The Morgan fingerprint density at radius 1 is 0.789 bits per heavy atom. The highest BCUT2D eigenvalue weighted by molar-refractivity contribution is 5.43. The largest absolute Gasteiger partial charge is 0.493 e. The van der Waals surface area contributed by atoms with E-state index in [1.165, 1.54) is 44.1 Å². The normalized spacial score (nSPS) is 26.1. The first-order valence-corrected chi connectivity index (χ1v) is 14.0. The third-order valence-corrected chi connectivity index (χ3v) is 9.26. The predicted octanol–water partition coefficient (Wildman–Crippen LogP) is 7.78. The Bertz CT molecular complexity index is 1220. The van der Waals surface area contributed by atoms with Gasteiger partial charge in [-0.05, 0) is 128 Å². The van der Waals surface area contributed by atoms with Crippen LogP contribution >= 0.6 is 0 Å². The molecule has 1 N–H and O–H groups in total. The highest BCUT2D eigenvalue weighted by Crippen LogP contribution is 2.60. The van der Waals surface area contributed by atoms with Gasteiger partial charge in [-0.3, -0.25) is 0 Å². The van der Waals surface area contributed by atoms with E-state index in [0.717, 1.165) is 59.0 Å². The summed E-state index contributed by atoms with van der Waals surface area (Å²) < 4.78 is 17.5. The molecule has 4 bridgehead atoms. The first-order chi connectivity index (χ1) is 18.6. The highest BCUT2D eigenvalue weighted by Gasteiger charge is 2.51. The van der Waals surface area contributed by atoms with Crippen LogP contribution in [0.25, 0.3) is 0 Å². The second kappa shape index (κ2) is 10.5. The van der Waals surface area contributed by atoms with Gasteiger partial charge in [0.1, 0.15) is 11.9 Å². The van der Waals surface area contributed by atoms with E-state index in [4.69, 9.17) is 14.2 Å². The Morgan fingerprint density at radius 2 is 1.47 bits per heavy atom. The van der Waals surface area contributed by atoms with Crippen molar-refractivity contribution < 1.29 is 24.4 Å². The maximum Gasteiger partial charge on any atom is 0.165 e. The number of rotatable bonds is 10. The van der Waals surface area contributed by atoms with Crippen LogP contribution in [-0.2, 0) is 11.8 Å². The van der Waals surface area contributed by atoms with Crippen LogP contribution < -0.4 is 19.1 Å². The topological polar surface area (TPSA) is 57.2 Å². The fourth-order valence-electron chi connectivity index (χ4n) is 7.91. The Hall–Kier alpha value is -3.18. The van der Waals surface area contributed by atoms with Crippen molar-refractivity contribution in [1.82, 2.24) is 0 Å². The van der Waals surface area contributed by atoms with Crippen LogP contribution in [0.15, 0.2) is 66.7 Å². The Balaban J connectivity index is 1.21. The molecule has 0 aliphatic heterocycles. The maximum absolute atomic E-state index is 9.23. The Morgan fingerprint density at radius 3 is 2.11 bits per heavy atom. The average Bonchev–Trinajstić information content (AvgIpc) is 2.94. The zero-order valence-corrected chi connectivity index (χ0v) is 22.4. The van der Waals surface area contributed by atoms with Gasteiger partial charge in [0.2, 0.25) is 0 Å². The molecule has 0 unspecified atom stereocenters. The number of hydrogen-bond acceptors (Lipinski definition) is 5. The van der Waals surface area contributed by atoms with E-state index < -0.39 is 0 Å². The van der Waals surface area contributed by atoms with Crippen molar-refractivity contribution >= 4 is 0 Å². The van der Waals surface area contributed by atoms with Crippen LogP contribution in [0.5, 0.6) is 23.0 Å². The first-order valence-electron chi connectivity index (χ1n) is 14.0. The molecule has 4 saturated carbocycles. The van der Waals surface area contributed by atoms with Crippen molar-refractivity contribution in [3.63, 3.8) is 0 Å². The first kappa shape index (κ1) is 25.1. The molecule has 3 aromatic rings. The molecular weight excluding hydrogens is 476 g/mol. The van der Waals surface area contributed by atoms with Gasteiger partial charge in [-0.2, -0.15) is 0 Å². The van der Waals surface area contributed by atoms with Crippen LogP contribution in [0.2, 0.25) is 0 Å². The molecule has 0 aromatic heterocycles. The van der Waals surface area contributed by atoms with Crippen molar-refractivity contribution in [3.8, 4) is 23.0 Å². The molecule has 3 aromatic carbocycles. The van der Waals surface area contributed by atoms with Gasteiger partial charge in [-0.15, -0.1) is 0 Å². The molecule has 5 heteroatoms. The van der Waals surface area contributed by atoms with Crippen LogP contribution in [0, 0.1) is 17.8 Å². The van der Waals surface area contributed by atoms with E-state index in [1.807, 2.05) is 30.3 Å². The number of aryl methyl sites for hydroxylation is 1. The molecule has 4 fully saturated rings. The van der Waals surface area contributed by atoms with Gasteiger partial charge in [-0.25, -0.2) is 5.26 Å².